The van der Waals surface area contributed by atoms with Crippen LogP contribution in [0.25, 0.3) is 0 Å². The summed E-state index contributed by atoms with van der Waals surface area (Å²) in [5, 5.41) is 0. The molecular formula is C15H12O2. The molecule has 2 rings (SSSR count). The maximum atomic E-state index is 12.0. The van der Waals surface area contributed by atoms with Gasteiger partial charge in [0.05, 0.1) is 0 Å². The molecule has 2 aromatic rings. The summed E-state index contributed by atoms with van der Waals surface area (Å²) in [5.74, 6) is -0.0288. The van der Waals surface area contributed by atoms with Gasteiger partial charge in [-0.25, -0.2) is 0 Å². The number of carbonyl (C=O) groups excluding carboxylic acids is 2. The zero-order chi connectivity index (χ0) is 12.1. The van der Waals surface area contributed by atoms with Crippen molar-refractivity contribution in [3.63, 3.8) is 0 Å². The van der Waals surface area contributed by atoms with Crippen molar-refractivity contribution in [2.75, 3.05) is 0 Å². The molecule has 2 aromatic carbocycles. The molecule has 0 bridgehead atoms. The molecular weight excluding hydrogens is 212 g/mol. The van der Waals surface area contributed by atoms with Gasteiger partial charge in [-0.15, -0.1) is 0 Å². The summed E-state index contributed by atoms with van der Waals surface area (Å²) >= 11 is 0. The average molecular weight is 224 g/mol. The Kier molecular flexibility index (Phi) is 3.46. The van der Waals surface area contributed by atoms with E-state index in [0.717, 1.165) is 11.8 Å². The molecule has 0 unspecified atom stereocenters. The Morgan fingerprint density at radius 3 is 2.29 bits per heavy atom. The largest absolute Gasteiger partial charge is 0.298 e. The van der Waals surface area contributed by atoms with Crippen LogP contribution in [0, 0.1) is 0 Å². The van der Waals surface area contributed by atoms with Crippen LogP contribution in [-0.2, 0) is 6.42 Å². The van der Waals surface area contributed by atoms with Gasteiger partial charge in [-0.05, 0) is 5.56 Å². The standard InChI is InChI=1S/C15H12O2/c16-11-13-8-4-5-9-14(13)15(17)10-12-6-2-1-3-7-12/h1-9,11H,10H2. The molecule has 0 saturated carbocycles. The van der Waals surface area contributed by atoms with E-state index in [4.69, 9.17) is 0 Å². The molecule has 2 nitrogen and oxygen atoms in total. The van der Waals surface area contributed by atoms with E-state index in [2.05, 4.69) is 0 Å². The maximum Gasteiger partial charge on any atom is 0.167 e. The molecule has 0 heterocycles. The van der Waals surface area contributed by atoms with Crippen LogP contribution < -0.4 is 0 Å². The number of benzene rings is 2. The zero-order valence-electron chi connectivity index (χ0n) is 9.30. The summed E-state index contributed by atoms with van der Waals surface area (Å²) < 4.78 is 0. The van der Waals surface area contributed by atoms with Gasteiger partial charge < -0.3 is 0 Å². The van der Waals surface area contributed by atoms with Crippen molar-refractivity contribution in [1.82, 2.24) is 0 Å². The average Bonchev–Trinajstić information content (AvgIpc) is 2.40. The van der Waals surface area contributed by atoms with E-state index in [1.54, 1.807) is 24.3 Å². The van der Waals surface area contributed by atoms with Crippen molar-refractivity contribution in [3.05, 3.63) is 71.3 Å². The number of carbonyl (C=O) groups is 2. The van der Waals surface area contributed by atoms with Crippen molar-refractivity contribution in [2.45, 2.75) is 6.42 Å². The number of ketones is 1. The van der Waals surface area contributed by atoms with Crippen molar-refractivity contribution in [2.24, 2.45) is 0 Å². The maximum absolute atomic E-state index is 12.0. The Morgan fingerprint density at radius 2 is 1.59 bits per heavy atom. The molecule has 0 radical (unpaired) electrons. The third-order valence-electron chi connectivity index (χ3n) is 2.60. The summed E-state index contributed by atoms with van der Waals surface area (Å²) in [7, 11) is 0. The van der Waals surface area contributed by atoms with Gasteiger partial charge in [0.25, 0.3) is 0 Å². The van der Waals surface area contributed by atoms with E-state index in [1.807, 2.05) is 30.3 Å². The lowest BCUT2D eigenvalue weighted by Crippen LogP contribution is -2.06. The van der Waals surface area contributed by atoms with E-state index in [0.29, 0.717) is 17.5 Å². The summed E-state index contributed by atoms with van der Waals surface area (Å²) in [6, 6.07) is 16.4. The molecule has 0 aliphatic carbocycles. The lowest BCUT2D eigenvalue weighted by molar-refractivity contribution is 0.0986. The van der Waals surface area contributed by atoms with Crippen LogP contribution in [0.5, 0.6) is 0 Å². The van der Waals surface area contributed by atoms with Crippen LogP contribution in [0.1, 0.15) is 26.3 Å². The topological polar surface area (TPSA) is 34.1 Å². The monoisotopic (exact) mass is 224 g/mol. The first-order valence-corrected chi connectivity index (χ1v) is 5.42. The SMILES string of the molecule is O=Cc1ccccc1C(=O)Cc1ccccc1. The molecule has 0 saturated heterocycles. The fourth-order valence-corrected chi connectivity index (χ4v) is 1.73. The summed E-state index contributed by atoms with van der Waals surface area (Å²) in [6.45, 7) is 0. The minimum Gasteiger partial charge on any atom is -0.298 e. The zero-order valence-corrected chi connectivity index (χ0v) is 9.30. The molecule has 0 atom stereocenters. The second-order valence-electron chi connectivity index (χ2n) is 3.79. The van der Waals surface area contributed by atoms with Crippen LogP contribution in [0.15, 0.2) is 54.6 Å². The number of hydrogen-bond donors (Lipinski definition) is 0. The molecule has 0 aromatic heterocycles. The van der Waals surface area contributed by atoms with Gasteiger partial charge in [-0.2, -0.15) is 0 Å². The lowest BCUT2D eigenvalue weighted by atomic mass is 9.99. The minimum atomic E-state index is -0.0288. The Hall–Kier alpha value is -2.22. The summed E-state index contributed by atoms with van der Waals surface area (Å²) in [6.07, 6.45) is 1.05. The van der Waals surface area contributed by atoms with E-state index in [1.165, 1.54) is 0 Å². The highest BCUT2D eigenvalue weighted by molar-refractivity contribution is 6.03. The Balaban J connectivity index is 2.23. The molecule has 0 amide bonds. The van der Waals surface area contributed by atoms with Gasteiger partial charge in [0.1, 0.15) is 0 Å². The van der Waals surface area contributed by atoms with Crippen LogP contribution in [0.4, 0.5) is 0 Å². The summed E-state index contributed by atoms with van der Waals surface area (Å²) in [5.41, 5.74) is 1.90. The quantitative estimate of drug-likeness (QED) is 0.591. The smallest absolute Gasteiger partial charge is 0.167 e. The molecule has 84 valence electrons. The van der Waals surface area contributed by atoms with Crippen LogP contribution >= 0.6 is 0 Å². The normalized spacial score (nSPS) is 9.88. The van der Waals surface area contributed by atoms with Crippen LogP contribution in [-0.4, -0.2) is 12.1 Å². The third kappa shape index (κ3) is 2.67. The second-order valence-corrected chi connectivity index (χ2v) is 3.79. The molecule has 17 heavy (non-hydrogen) atoms. The highest BCUT2D eigenvalue weighted by atomic mass is 16.1. The number of aldehydes is 1. The highest BCUT2D eigenvalue weighted by Crippen LogP contribution is 2.11. The van der Waals surface area contributed by atoms with Gasteiger partial charge in [0.2, 0.25) is 0 Å². The number of Topliss-reactive ketones (excluding diaryl/α,β-unsaturated/α-hetero) is 1. The Bertz CT molecular complexity index is 530. The fourth-order valence-electron chi connectivity index (χ4n) is 1.73. The summed E-state index contributed by atoms with van der Waals surface area (Å²) in [4.78, 5) is 22.9. The second kappa shape index (κ2) is 5.21. The highest BCUT2D eigenvalue weighted by Gasteiger charge is 2.10. The molecule has 0 N–H and O–H groups in total. The number of hydrogen-bond acceptors (Lipinski definition) is 2. The van der Waals surface area contributed by atoms with Crippen LogP contribution in [0.3, 0.4) is 0 Å². The fraction of sp³-hybridized carbons (Fsp3) is 0.0667. The lowest BCUT2D eigenvalue weighted by Gasteiger charge is -2.03. The van der Waals surface area contributed by atoms with Crippen molar-refractivity contribution in [1.29, 1.82) is 0 Å². The van der Waals surface area contributed by atoms with Gasteiger partial charge in [0, 0.05) is 17.5 Å². The van der Waals surface area contributed by atoms with Crippen molar-refractivity contribution < 1.29 is 9.59 Å². The van der Waals surface area contributed by atoms with E-state index in [-0.39, 0.29) is 5.78 Å². The van der Waals surface area contributed by atoms with E-state index in [9.17, 15) is 9.59 Å². The molecule has 0 aliphatic heterocycles. The van der Waals surface area contributed by atoms with Crippen molar-refractivity contribution in [3.8, 4) is 0 Å². The van der Waals surface area contributed by atoms with Gasteiger partial charge in [0.15, 0.2) is 12.1 Å². The Labute approximate surface area is 99.9 Å². The minimum absolute atomic E-state index is 0.0288. The molecule has 0 fully saturated rings. The van der Waals surface area contributed by atoms with E-state index >= 15 is 0 Å². The first kappa shape index (κ1) is 11.3. The first-order valence-electron chi connectivity index (χ1n) is 5.42. The van der Waals surface area contributed by atoms with E-state index < -0.39 is 0 Å². The van der Waals surface area contributed by atoms with Gasteiger partial charge in [-0.3, -0.25) is 9.59 Å². The Morgan fingerprint density at radius 1 is 0.941 bits per heavy atom. The van der Waals surface area contributed by atoms with Gasteiger partial charge in [-0.1, -0.05) is 54.6 Å². The number of rotatable bonds is 4. The molecule has 0 aliphatic rings. The van der Waals surface area contributed by atoms with Crippen molar-refractivity contribution >= 4 is 12.1 Å². The third-order valence-corrected chi connectivity index (χ3v) is 2.60. The first-order chi connectivity index (χ1) is 8.31. The predicted octanol–water partition coefficient (Wildman–Crippen LogP) is 2.92. The molecule has 2 heteroatoms. The molecule has 0 spiro atoms. The predicted molar refractivity (Wildman–Crippen MR) is 66.3 cm³/mol. The van der Waals surface area contributed by atoms with Gasteiger partial charge >= 0.3 is 0 Å². The van der Waals surface area contributed by atoms with Crippen LogP contribution in [0.2, 0.25) is 0 Å².